The van der Waals surface area contributed by atoms with Crippen molar-refractivity contribution in [1.29, 1.82) is 0 Å². The normalized spacial score (nSPS) is 10.9. The molecule has 0 aliphatic rings. The third kappa shape index (κ3) is 3.98. The number of hydrogen-bond acceptors (Lipinski definition) is 6. The first-order valence-corrected chi connectivity index (χ1v) is 8.17. The molecule has 27 heavy (non-hydrogen) atoms. The first-order chi connectivity index (χ1) is 13.0. The van der Waals surface area contributed by atoms with Crippen LogP contribution in [0.3, 0.4) is 0 Å². The Morgan fingerprint density at radius 2 is 1.96 bits per heavy atom. The lowest BCUT2D eigenvalue weighted by molar-refractivity contribution is 0.0956. The molecule has 2 aromatic carbocycles. The van der Waals surface area contributed by atoms with Crippen LogP contribution < -0.4 is 14.9 Å². The second-order valence-electron chi connectivity index (χ2n) is 5.82. The maximum atomic E-state index is 12.6. The minimum atomic E-state index is -0.360. The van der Waals surface area contributed by atoms with E-state index in [1.807, 2.05) is 13.0 Å². The third-order valence-electron chi connectivity index (χ3n) is 3.97. The number of carbonyl (C=O) groups is 1. The van der Waals surface area contributed by atoms with Crippen LogP contribution >= 0.6 is 0 Å². The lowest BCUT2D eigenvalue weighted by Gasteiger charge is -2.08. The summed E-state index contributed by atoms with van der Waals surface area (Å²) in [5.74, 6) is 0.641. The number of carbonyl (C=O) groups excluding carboxylic acids is 1. The second kappa shape index (κ2) is 7.74. The van der Waals surface area contributed by atoms with Crippen LogP contribution in [0, 0.1) is 6.92 Å². The van der Waals surface area contributed by atoms with Gasteiger partial charge in [0.15, 0.2) is 11.5 Å². The molecule has 3 aromatic rings. The molecule has 0 bridgehead atoms. The fourth-order valence-electron chi connectivity index (χ4n) is 2.65. The summed E-state index contributed by atoms with van der Waals surface area (Å²) in [6.07, 6.45) is 1.47. The van der Waals surface area contributed by atoms with E-state index in [2.05, 4.69) is 15.5 Å². The monoisotopic (exact) mass is 365 g/mol. The number of amides is 1. The Balaban J connectivity index is 1.86. The number of nitrogens with zero attached hydrogens (tertiary/aromatic N) is 2. The van der Waals surface area contributed by atoms with Crippen LogP contribution in [0.1, 0.15) is 21.6 Å². The van der Waals surface area contributed by atoms with Gasteiger partial charge in [-0.1, -0.05) is 0 Å². The zero-order valence-corrected chi connectivity index (χ0v) is 15.2. The van der Waals surface area contributed by atoms with E-state index in [9.17, 15) is 9.90 Å². The number of phenols is 1. The highest BCUT2D eigenvalue weighted by Crippen LogP contribution is 2.26. The molecule has 0 radical (unpaired) electrons. The molecule has 0 spiro atoms. The van der Waals surface area contributed by atoms with Crippen molar-refractivity contribution in [2.24, 2.45) is 5.10 Å². The Morgan fingerprint density at radius 1 is 1.15 bits per heavy atom. The van der Waals surface area contributed by atoms with E-state index in [-0.39, 0.29) is 11.7 Å². The number of aromatic hydroxyl groups is 1. The van der Waals surface area contributed by atoms with Crippen LogP contribution in [-0.2, 0) is 0 Å². The average molecular weight is 365 g/mol. The third-order valence-corrected chi connectivity index (χ3v) is 3.97. The predicted octanol–water partition coefficient (Wildman–Crippen LogP) is 3.03. The number of hydrazone groups is 1. The summed E-state index contributed by atoms with van der Waals surface area (Å²) in [6, 6.07) is 11.8. The van der Waals surface area contributed by atoms with Crippen LogP contribution in [-0.4, -0.2) is 36.4 Å². The van der Waals surface area contributed by atoms with Gasteiger partial charge >= 0.3 is 0 Å². The first kappa shape index (κ1) is 18.2. The lowest BCUT2D eigenvalue weighted by Crippen LogP contribution is -2.18. The highest BCUT2D eigenvalue weighted by molar-refractivity contribution is 6.06. The van der Waals surface area contributed by atoms with Gasteiger partial charge in [-0.15, -0.1) is 0 Å². The molecular weight excluding hydrogens is 346 g/mol. The predicted molar refractivity (Wildman–Crippen MR) is 103 cm³/mol. The van der Waals surface area contributed by atoms with E-state index in [0.717, 1.165) is 5.69 Å². The van der Waals surface area contributed by atoms with Crippen LogP contribution in [0.5, 0.6) is 17.2 Å². The number of aryl methyl sites for hydroxylation is 1. The van der Waals surface area contributed by atoms with Crippen molar-refractivity contribution in [2.75, 3.05) is 14.2 Å². The van der Waals surface area contributed by atoms with Crippen LogP contribution in [0.15, 0.2) is 47.6 Å². The first-order valence-electron chi connectivity index (χ1n) is 8.17. The number of methoxy groups -OCH3 is 2. The largest absolute Gasteiger partial charge is 0.504 e. The number of ether oxygens (including phenoxy) is 2. The zero-order chi connectivity index (χ0) is 19.4. The summed E-state index contributed by atoms with van der Waals surface area (Å²) in [4.78, 5) is 17.1. The van der Waals surface area contributed by atoms with Gasteiger partial charge in [-0.05, 0) is 55.0 Å². The molecule has 0 unspecified atom stereocenters. The fraction of sp³-hybridized carbons (Fsp3) is 0.150. The Kier molecular flexibility index (Phi) is 5.21. The van der Waals surface area contributed by atoms with Gasteiger partial charge in [0, 0.05) is 11.1 Å². The second-order valence-corrected chi connectivity index (χ2v) is 5.82. The number of phenolic OH excluding ortho intramolecular Hbond substituents is 1. The molecule has 0 aliphatic carbocycles. The van der Waals surface area contributed by atoms with Gasteiger partial charge in [0.2, 0.25) is 0 Å². The van der Waals surface area contributed by atoms with Gasteiger partial charge in [0.25, 0.3) is 5.91 Å². The number of pyridine rings is 1. The number of hydrogen-bond donors (Lipinski definition) is 2. The standard InChI is InChI=1S/C20H19N3O4/c1-12-8-16(15-10-14(26-2)5-6-17(15)22-12)20(25)23-21-11-13-4-7-18(24)19(9-13)27-3/h4-11,24H,1-3H3,(H,23,25)/b21-11+. The van der Waals surface area contributed by atoms with Crippen molar-refractivity contribution in [2.45, 2.75) is 6.92 Å². The minimum Gasteiger partial charge on any atom is -0.504 e. The maximum absolute atomic E-state index is 12.6. The molecule has 2 N–H and O–H groups in total. The van der Waals surface area contributed by atoms with Crippen molar-refractivity contribution in [1.82, 2.24) is 10.4 Å². The van der Waals surface area contributed by atoms with Gasteiger partial charge < -0.3 is 14.6 Å². The number of benzene rings is 2. The Hall–Kier alpha value is -3.61. The summed E-state index contributed by atoms with van der Waals surface area (Å²) in [6.45, 7) is 1.83. The van der Waals surface area contributed by atoms with Gasteiger partial charge in [-0.25, -0.2) is 5.43 Å². The number of rotatable bonds is 5. The van der Waals surface area contributed by atoms with E-state index in [1.54, 1.807) is 37.4 Å². The van der Waals surface area contributed by atoms with Crippen molar-refractivity contribution >= 4 is 23.0 Å². The molecule has 1 aromatic heterocycles. The van der Waals surface area contributed by atoms with Crippen molar-refractivity contribution in [3.63, 3.8) is 0 Å². The fourth-order valence-corrected chi connectivity index (χ4v) is 2.65. The summed E-state index contributed by atoms with van der Waals surface area (Å²) in [5.41, 5.74) is 5.07. The van der Waals surface area contributed by atoms with E-state index in [0.29, 0.717) is 33.5 Å². The highest BCUT2D eigenvalue weighted by Gasteiger charge is 2.12. The summed E-state index contributed by atoms with van der Waals surface area (Å²) >= 11 is 0. The molecule has 0 saturated carbocycles. The Labute approximate surface area is 156 Å². The van der Waals surface area contributed by atoms with Gasteiger partial charge in [-0.3, -0.25) is 9.78 Å². The van der Waals surface area contributed by atoms with E-state index in [1.165, 1.54) is 19.4 Å². The molecule has 7 nitrogen and oxygen atoms in total. The van der Waals surface area contributed by atoms with Crippen LogP contribution in [0.25, 0.3) is 10.9 Å². The number of fused-ring (bicyclic) bond motifs is 1. The molecule has 0 fully saturated rings. The maximum Gasteiger partial charge on any atom is 0.272 e. The number of nitrogens with one attached hydrogen (secondary N) is 1. The quantitative estimate of drug-likeness (QED) is 0.535. The van der Waals surface area contributed by atoms with E-state index in [4.69, 9.17) is 9.47 Å². The molecule has 138 valence electrons. The van der Waals surface area contributed by atoms with Crippen molar-refractivity contribution in [3.05, 3.63) is 59.3 Å². The molecule has 0 aliphatic heterocycles. The molecule has 7 heteroatoms. The van der Waals surface area contributed by atoms with E-state index >= 15 is 0 Å². The summed E-state index contributed by atoms with van der Waals surface area (Å²) in [5, 5.41) is 14.3. The van der Waals surface area contributed by atoms with Crippen molar-refractivity contribution < 1.29 is 19.4 Å². The van der Waals surface area contributed by atoms with Crippen molar-refractivity contribution in [3.8, 4) is 17.2 Å². The topological polar surface area (TPSA) is 93.0 Å². The zero-order valence-electron chi connectivity index (χ0n) is 15.2. The summed E-state index contributed by atoms with van der Waals surface area (Å²) in [7, 11) is 3.03. The van der Waals surface area contributed by atoms with Crippen LogP contribution in [0.4, 0.5) is 0 Å². The van der Waals surface area contributed by atoms with Gasteiger partial charge in [0.1, 0.15) is 5.75 Å². The van der Waals surface area contributed by atoms with Crippen LogP contribution in [0.2, 0.25) is 0 Å². The molecule has 3 rings (SSSR count). The Bertz CT molecular complexity index is 1030. The van der Waals surface area contributed by atoms with Gasteiger partial charge in [0.05, 0.1) is 31.5 Å². The minimum absolute atomic E-state index is 0.0337. The lowest BCUT2D eigenvalue weighted by atomic mass is 10.1. The molecule has 0 saturated heterocycles. The molecule has 0 atom stereocenters. The molecule has 1 amide bonds. The highest BCUT2D eigenvalue weighted by atomic mass is 16.5. The SMILES string of the molecule is COc1ccc2nc(C)cc(C(=O)N/N=C/c3ccc(O)c(OC)c3)c2c1. The smallest absolute Gasteiger partial charge is 0.272 e. The Morgan fingerprint density at radius 3 is 2.70 bits per heavy atom. The molecule has 1 heterocycles. The number of aromatic nitrogens is 1. The molecular formula is C20H19N3O4. The van der Waals surface area contributed by atoms with Gasteiger partial charge in [-0.2, -0.15) is 5.10 Å². The summed E-state index contributed by atoms with van der Waals surface area (Å²) < 4.78 is 10.3. The van der Waals surface area contributed by atoms with E-state index < -0.39 is 0 Å². The average Bonchev–Trinajstić information content (AvgIpc) is 2.68.